The van der Waals surface area contributed by atoms with Gasteiger partial charge in [-0.2, -0.15) is 0 Å². The molecule has 0 saturated heterocycles. The molecule has 0 fully saturated rings. The number of hydrogen-bond acceptors (Lipinski definition) is 2. The highest BCUT2D eigenvalue weighted by atomic mass is 79.9. The third kappa shape index (κ3) is 3.41. The van der Waals surface area contributed by atoms with Crippen molar-refractivity contribution >= 4 is 54.8 Å². The minimum Gasteiger partial charge on any atom is -0.250 e. The molecule has 0 amide bonds. The van der Waals surface area contributed by atoms with Gasteiger partial charge < -0.3 is 0 Å². The van der Waals surface area contributed by atoms with Gasteiger partial charge in [-0.1, -0.05) is 61.7 Å². The van der Waals surface area contributed by atoms with E-state index in [1.807, 2.05) is 31.3 Å². The van der Waals surface area contributed by atoms with Gasteiger partial charge in [0.15, 0.2) is 0 Å². The second-order valence-corrected chi connectivity index (χ2v) is 7.40. The number of hydrogen-bond donors (Lipinski definition) is 0. The smallest absolute Gasteiger partial charge is 0.0896 e. The maximum absolute atomic E-state index is 6.38. The van der Waals surface area contributed by atoms with Crippen molar-refractivity contribution in [3.05, 3.63) is 50.9 Å². The lowest BCUT2D eigenvalue weighted by Crippen LogP contribution is -2.33. The van der Waals surface area contributed by atoms with Gasteiger partial charge in [0.2, 0.25) is 0 Å². The molecule has 0 aliphatic carbocycles. The van der Waals surface area contributed by atoms with Crippen LogP contribution in [0.3, 0.4) is 0 Å². The molecule has 2 aromatic rings. The zero-order valence-corrected chi connectivity index (χ0v) is 15.2. The minimum absolute atomic E-state index is 0.0443. The Balaban J connectivity index is 2.40. The highest BCUT2D eigenvalue weighted by Crippen LogP contribution is 2.37. The quantitative estimate of drug-likeness (QED) is 0.589. The average Bonchev–Trinajstić information content (AvgIpc) is 2.82. The molecular formula is C14H14Br2ClNS. The molecule has 19 heavy (non-hydrogen) atoms. The van der Waals surface area contributed by atoms with Crippen LogP contribution in [-0.4, -0.2) is 15.6 Å². The average molecular weight is 424 g/mol. The van der Waals surface area contributed by atoms with E-state index >= 15 is 0 Å². The second kappa shape index (κ2) is 6.70. The van der Waals surface area contributed by atoms with Crippen molar-refractivity contribution in [3.8, 4) is 0 Å². The van der Waals surface area contributed by atoms with Crippen LogP contribution in [0.2, 0.25) is 5.02 Å². The van der Waals surface area contributed by atoms with E-state index in [1.165, 1.54) is 10.4 Å². The topological polar surface area (TPSA) is 12.9 Å². The molecule has 1 aromatic carbocycles. The molecule has 1 heterocycles. The third-order valence-corrected chi connectivity index (χ3v) is 6.53. The molecule has 5 heteroatoms. The highest BCUT2D eigenvalue weighted by molar-refractivity contribution is 9.09. The Kier molecular flexibility index (Phi) is 5.46. The summed E-state index contributed by atoms with van der Waals surface area (Å²) in [5.41, 5.74) is 1.13. The van der Waals surface area contributed by atoms with Gasteiger partial charge in [0.1, 0.15) is 0 Å². The molecule has 0 unspecified atom stereocenters. The molecule has 0 radical (unpaired) electrons. The zero-order valence-electron chi connectivity index (χ0n) is 10.5. The van der Waals surface area contributed by atoms with Crippen LogP contribution in [0.1, 0.15) is 15.4 Å². The maximum Gasteiger partial charge on any atom is 0.0896 e. The van der Waals surface area contributed by atoms with Crippen LogP contribution < -0.4 is 0 Å². The summed E-state index contributed by atoms with van der Waals surface area (Å²) in [5, 5.41) is 3.63. The lowest BCUT2D eigenvalue weighted by atomic mass is 9.81. The Hall–Kier alpha value is 0.1000. The van der Waals surface area contributed by atoms with Crippen LogP contribution in [-0.2, 0) is 11.8 Å². The van der Waals surface area contributed by atoms with Crippen molar-refractivity contribution in [1.82, 2.24) is 4.98 Å². The van der Waals surface area contributed by atoms with Gasteiger partial charge in [0, 0.05) is 32.2 Å². The number of nitrogens with zero attached hydrogens (tertiary/aromatic N) is 1. The molecule has 1 aromatic heterocycles. The molecule has 102 valence electrons. The summed E-state index contributed by atoms with van der Waals surface area (Å²) < 4.78 is 0. The molecule has 0 aliphatic rings. The summed E-state index contributed by atoms with van der Waals surface area (Å²) in [6.45, 7) is 2.04. The SMILES string of the molecule is Cc1ncc(CC(CBr)(CBr)c2ccccc2Cl)s1. The number of aromatic nitrogens is 1. The van der Waals surface area contributed by atoms with E-state index in [-0.39, 0.29) is 5.41 Å². The van der Waals surface area contributed by atoms with Crippen LogP contribution in [0.5, 0.6) is 0 Å². The van der Waals surface area contributed by atoms with Crippen LogP contribution in [0.25, 0.3) is 0 Å². The summed E-state index contributed by atoms with van der Waals surface area (Å²) in [6, 6.07) is 8.07. The summed E-state index contributed by atoms with van der Waals surface area (Å²) in [7, 11) is 0. The van der Waals surface area contributed by atoms with Gasteiger partial charge in [-0.25, -0.2) is 4.98 Å². The third-order valence-electron chi connectivity index (χ3n) is 3.14. The molecule has 0 aliphatic heterocycles. The first kappa shape index (κ1) is 15.5. The number of thiazole rings is 1. The first-order valence-corrected chi connectivity index (χ1v) is 9.33. The van der Waals surface area contributed by atoms with Crippen molar-refractivity contribution in [2.24, 2.45) is 0 Å². The fourth-order valence-electron chi connectivity index (χ4n) is 2.08. The molecule has 0 spiro atoms. The molecule has 1 nitrogen and oxygen atoms in total. The molecule has 0 saturated carbocycles. The summed E-state index contributed by atoms with van der Waals surface area (Å²) >= 11 is 15.5. The largest absolute Gasteiger partial charge is 0.250 e. The first-order valence-electron chi connectivity index (χ1n) is 5.89. The highest BCUT2D eigenvalue weighted by Gasteiger charge is 2.32. The Morgan fingerprint density at radius 2 is 1.95 bits per heavy atom. The molecule has 0 atom stereocenters. The van der Waals surface area contributed by atoms with E-state index in [4.69, 9.17) is 11.6 Å². The van der Waals surface area contributed by atoms with E-state index in [0.717, 1.165) is 27.1 Å². The van der Waals surface area contributed by atoms with Gasteiger partial charge in [0.25, 0.3) is 0 Å². The van der Waals surface area contributed by atoms with Gasteiger partial charge >= 0.3 is 0 Å². The normalized spacial score (nSPS) is 11.8. The lowest BCUT2D eigenvalue weighted by molar-refractivity contribution is 0.556. The molecule has 0 bridgehead atoms. The van der Waals surface area contributed by atoms with Gasteiger partial charge in [-0.05, 0) is 25.0 Å². The number of halogens is 3. The standard InChI is InChI=1S/C14H14Br2ClNS/c1-10-18-7-11(19-10)6-14(8-15,9-16)12-4-2-3-5-13(12)17/h2-5,7H,6,8-9H2,1H3. The Morgan fingerprint density at radius 1 is 1.26 bits per heavy atom. The predicted molar refractivity (Wildman–Crippen MR) is 91.3 cm³/mol. The van der Waals surface area contributed by atoms with Gasteiger partial charge in [0.05, 0.1) is 5.01 Å². The fourth-order valence-corrected chi connectivity index (χ4v) is 5.29. The summed E-state index contributed by atoms with van der Waals surface area (Å²) in [4.78, 5) is 5.63. The number of aryl methyl sites for hydroxylation is 1. The van der Waals surface area contributed by atoms with Crippen molar-refractivity contribution < 1.29 is 0 Å². The van der Waals surface area contributed by atoms with Crippen molar-refractivity contribution in [2.45, 2.75) is 18.8 Å². The van der Waals surface area contributed by atoms with Crippen LogP contribution >= 0.6 is 54.8 Å². The van der Waals surface area contributed by atoms with Crippen LogP contribution in [0.15, 0.2) is 30.5 Å². The number of rotatable bonds is 5. The van der Waals surface area contributed by atoms with E-state index in [1.54, 1.807) is 11.3 Å². The van der Waals surface area contributed by atoms with E-state index < -0.39 is 0 Å². The predicted octanol–water partition coefficient (Wildman–Crippen LogP) is 5.38. The fraction of sp³-hybridized carbons (Fsp3) is 0.357. The Bertz CT molecular complexity index is 552. The van der Waals surface area contributed by atoms with Crippen molar-refractivity contribution in [1.29, 1.82) is 0 Å². The van der Waals surface area contributed by atoms with Gasteiger partial charge in [-0.15, -0.1) is 11.3 Å². The first-order chi connectivity index (χ1) is 9.11. The lowest BCUT2D eigenvalue weighted by Gasteiger charge is -2.31. The maximum atomic E-state index is 6.38. The summed E-state index contributed by atoms with van der Waals surface area (Å²) in [5.74, 6) is 0. The van der Waals surface area contributed by atoms with Gasteiger partial charge in [-0.3, -0.25) is 0 Å². The number of alkyl halides is 2. The Labute approximate surface area is 139 Å². The van der Waals surface area contributed by atoms with Crippen LogP contribution in [0.4, 0.5) is 0 Å². The van der Waals surface area contributed by atoms with Crippen molar-refractivity contribution in [3.63, 3.8) is 0 Å². The Morgan fingerprint density at radius 3 is 2.47 bits per heavy atom. The number of benzene rings is 1. The van der Waals surface area contributed by atoms with Crippen molar-refractivity contribution in [2.75, 3.05) is 10.7 Å². The minimum atomic E-state index is -0.0443. The monoisotopic (exact) mass is 421 g/mol. The molecule has 0 N–H and O–H groups in total. The molecular weight excluding hydrogens is 409 g/mol. The summed E-state index contributed by atoms with van der Waals surface area (Å²) in [6.07, 6.45) is 2.90. The second-order valence-electron chi connectivity index (χ2n) is 4.55. The van der Waals surface area contributed by atoms with E-state index in [0.29, 0.717) is 0 Å². The zero-order chi connectivity index (χ0) is 13.9. The van der Waals surface area contributed by atoms with Crippen LogP contribution in [0, 0.1) is 6.92 Å². The molecule has 2 rings (SSSR count). The van der Waals surface area contributed by atoms with E-state index in [9.17, 15) is 0 Å². The van der Waals surface area contributed by atoms with E-state index in [2.05, 4.69) is 42.9 Å².